The lowest BCUT2D eigenvalue weighted by Gasteiger charge is -2.03. The van der Waals surface area contributed by atoms with E-state index in [9.17, 15) is 0 Å². The fourth-order valence-electron chi connectivity index (χ4n) is 2.23. The molecule has 1 aromatic heterocycles. The van der Waals surface area contributed by atoms with Crippen molar-refractivity contribution < 1.29 is 9.30 Å². The first-order valence-electron chi connectivity index (χ1n) is 9.05. The number of aromatic nitrogens is 2. The van der Waals surface area contributed by atoms with Gasteiger partial charge in [0.2, 0.25) is 6.33 Å². The van der Waals surface area contributed by atoms with E-state index in [0.717, 1.165) is 18.0 Å². The minimum absolute atomic E-state index is 0.899. The van der Waals surface area contributed by atoms with Crippen LogP contribution in [-0.4, -0.2) is 11.7 Å². The molecule has 0 spiro atoms. The van der Waals surface area contributed by atoms with Crippen LogP contribution in [0.3, 0.4) is 0 Å². The molecule has 0 aliphatic rings. The van der Waals surface area contributed by atoms with Crippen molar-refractivity contribution in [3.8, 4) is 11.4 Å². The molecule has 0 amide bonds. The molecule has 3 nitrogen and oxygen atoms in total. The summed E-state index contributed by atoms with van der Waals surface area (Å²) in [6.07, 6.45) is 11.5. The first-order chi connectivity index (χ1) is 11.3. The summed E-state index contributed by atoms with van der Waals surface area (Å²) in [6.45, 7) is 11.3. The van der Waals surface area contributed by atoms with Gasteiger partial charge < -0.3 is 4.74 Å². The third-order valence-electron chi connectivity index (χ3n) is 3.32. The zero-order chi connectivity index (χ0) is 17.5. The molecule has 130 valence electrons. The molecule has 0 aliphatic heterocycles. The van der Waals surface area contributed by atoms with E-state index in [1.165, 1.54) is 25.7 Å². The van der Waals surface area contributed by atoms with Crippen molar-refractivity contribution in [2.24, 2.45) is 0 Å². The summed E-state index contributed by atoms with van der Waals surface area (Å²) in [5.41, 5.74) is 1.08. The summed E-state index contributed by atoms with van der Waals surface area (Å²) in [6, 6.07) is 8.08. The summed E-state index contributed by atoms with van der Waals surface area (Å²) in [4.78, 5) is 0. The molecule has 1 aromatic carbocycles. The first-order valence-corrected chi connectivity index (χ1v) is 9.05. The Labute approximate surface area is 142 Å². The van der Waals surface area contributed by atoms with Crippen LogP contribution in [0.25, 0.3) is 5.69 Å². The number of hydrogen-bond acceptors (Lipinski definition) is 1. The lowest BCUT2D eigenvalue weighted by Crippen LogP contribution is -2.30. The molecule has 23 heavy (non-hydrogen) atoms. The smallest absolute Gasteiger partial charge is 0.249 e. The third-order valence-corrected chi connectivity index (χ3v) is 3.32. The van der Waals surface area contributed by atoms with Gasteiger partial charge >= 0.3 is 0 Å². The number of imidazole rings is 1. The lowest BCUT2D eigenvalue weighted by molar-refractivity contribution is -0.696. The lowest BCUT2D eigenvalue weighted by atomic mass is 10.2. The SMILES string of the molecule is CC.CC.CCCCCC[n+]1ccn(-c2ccccc2OC)c1. The maximum atomic E-state index is 5.39. The number of aryl methyl sites for hydroxylation is 1. The van der Waals surface area contributed by atoms with Crippen LogP contribution in [0.2, 0.25) is 0 Å². The van der Waals surface area contributed by atoms with Gasteiger partial charge in [-0.3, -0.25) is 0 Å². The number of unbranched alkanes of at least 4 members (excludes halogenated alkanes) is 3. The molecule has 2 aromatic rings. The summed E-state index contributed by atoms with van der Waals surface area (Å²) in [5, 5.41) is 0. The molecule has 0 atom stereocenters. The summed E-state index contributed by atoms with van der Waals surface area (Å²) in [7, 11) is 1.71. The van der Waals surface area contributed by atoms with Crippen LogP contribution >= 0.6 is 0 Å². The topological polar surface area (TPSA) is 18.0 Å². The Morgan fingerprint density at radius 3 is 2.35 bits per heavy atom. The van der Waals surface area contributed by atoms with Gasteiger partial charge in [-0.2, -0.15) is 4.57 Å². The number of ether oxygens (including phenoxy) is 1. The second kappa shape index (κ2) is 13.9. The van der Waals surface area contributed by atoms with E-state index in [0.29, 0.717) is 0 Å². The standard InChI is InChI=1S/C16H23N2O.2C2H6/c1-3-4-5-8-11-17-12-13-18(14-17)15-9-6-7-10-16(15)19-2;2*1-2/h6-7,9-10,12-14H,3-5,8,11H2,1-2H3;2*1-2H3/q+1;;. The van der Waals surface area contributed by atoms with Crippen molar-refractivity contribution in [2.75, 3.05) is 7.11 Å². The maximum Gasteiger partial charge on any atom is 0.249 e. The number of para-hydroxylation sites is 2. The van der Waals surface area contributed by atoms with Crippen molar-refractivity contribution in [3.05, 3.63) is 43.0 Å². The second-order valence-corrected chi connectivity index (χ2v) is 4.79. The predicted molar refractivity (Wildman–Crippen MR) is 99.4 cm³/mol. The van der Waals surface area contributed by atoms with Gasteiger partial charge in [-0.05, 0) is 25.0 Å². The molecule has 0 radical (unpaired) electrons. The van der Waals surface area contributed by atoms with Gasteiger partial charge in [0.15, 0.2) is 11.4 Å². The molecular formula is C20H35N2O+. The van der Waals surface area contributed by atoms with Crippen LogP contribution in [0, 0.1) is 0 Å². The largest absolute Gasteiger partial charge is 0.492 e. The van der Waals surface area contributed by atoms with E-state index < -0.39 is 0 Å². The molecule has 2 rings (SSSR count). The molecule has 0 N–H and O–H groups in total. The van der Waals surface area contributed by atoms with Crippen molar-refractivity contribution in [2.45, 2.75) is 66.8 Å². The monoisotopic (exact) mass is 319 g/mol. The van der Waals surface area contributed by atoms with Crippen LogP contribution in [0.1, 0.15) is 60.3 Å². The zero-order valence-corrected chi connectivity index (χ0v) is 15.9. The van der Waals surface area contributed by atoms with Gasteiger partial charge in [0.25, 0.3) is 0 Å². The molecule has 0 aliphatic carbocycles. The van der Waals surface area contributed by atoms with Crippen molar-refractivity contribution >= 4 is 0 Å². The van der Waals surface area contributed by atoms with Crippen LogP contribution in [-0.2, 0) is 6.54 Å². The van der Waals surface area contributed by atoms with E-state index in [4.69, 9.17) is 4.74 Å². The van der Waals surface area contributed by atoms with E-state index in [1.54, 1.807) is 7.11 Å². The molecule has 0 saturated carbocycles. The van der Waals surface area contributed by atoms with Crippen LogP contribution in [0.15, 0.2) is 43.0 Å². The van der Waals surface area contributed by atoms with Crippen LogP contribution < -0.4 is 9.30 Å². The van der Waals surface area contributed by atoms with Crippen LogP contribution in [0.5, 0.6) is 5.75 Å². The fraction of sp³-hybridized carbons (Fsp3) is 0.550. The Kier molecular flexibility index (Phi) is 12.8. The number of benzene rings is 1. The molecule has 0 fully saturated rings. The maximum absolute atomic E-state index is 5.39. The van der Waals surface area contributed by atoms with E-state index in [2.05, 4.69) is 40.8 Å². The minimum Gasteiger partial charge on any atom is -0.492 e. The Morgan fingerprint density at radius 1 is 1.00 bits per heavy atom. The van der Waals surface area contributed by atoms with E-state index in [-0.39, 0.29) is 0 Å². The predicted octanol–water partition coefficient (Wildman–Crippen LogP) is 5.41. The van der Waals surface area contributed by atoms with Gasteiger partial charge in [0.05, 0.1) is 13.7 Å². The second-order valence-electron chi connectivity index (χ2n) is 4.79. The normalized spacial score (nSPS) is 9.30. The molecule has 0 unspecified atom stereocenters. The van der Waals surface area contributed by atoms with Gasteiger partial charge in [-0.25, -0.2) is 4.57 Å². The third kappa shape index (κ3) is 7.36. The van der Waals surface area contributed by atoms with Crippen molar-refractivity contribution in [1.82, 2.24) is 4.57 Å². The highest BCUT2D eigenvalue weighted by atomic mass is 16.5. The summed E-state index contributed by atoms with van der Waals surface area (Å²) in [5.74, 6) is 0.899. The summed E-state index contributed by atoms with van der Waals surface area (Å²) < 4.78 is 9.74. The van der Waals surface area contributed by atoms with E-state index in [1.807, 2.05) is 45.9 Å². The highest BCUT2D eigenvalue weighted by molar-refractivity contribution is 5.45. The van der Waals surface area contributed by atoms with Gasteiger partial charge in [0.1, 0.15) is 12.4 Å². The number of nitrogens with zero attached hydrogens (tertiary/aromatic N) is 2. The van der Waals surface area contributed by atoms with Gasteiger partial charge in [0, 0.05) is 0 Å². The van der Waals surface area contributed by atoms with Crippen molar-refractivity contribution in [1.29, 1.82) is 0 Å². The van der Waals surface area contributed by atoms with E-state index >= 15 is 0 Å². The Bertz CT molecular complexity index is 506. The minimum atomic E-state index is 0.899. The molecule has 1 heterocycles. The van der Waals surface area contributed by atoms with Gasteiger partial charge in [-0.1, -0.05) is 59.6 Å². The van der Waals surface area contributed by atoms with Crippen LogP contribution in [0.4, 0.5) is 0 Å². The zero-order valence-electron chi connectivity index (χ0n) is 15.9. The molecule has 3 heteroatoms. The Balaban J connectivity index is 0.00000112. The Morgan fingerprint density at radius 2 is 1.70 bits per heavy atom. The Hall–Kier alpha value is -1.77. The highest BCUT2D eigenvalue weighted by Gasteiger charge is 2.10. The average molecular weight is 320 g/mol. The molecule has 0 bridgehead atoms. The average Bonchev–Trinajstić information content (AvgIpc) is 3.11. The quantitative estimate of drug-likeness (QED) is 0.493. The fourth-order valence-corrected chi connectivity index (χ4v) is 2.23. The molecule has 0 saturated heterocycles. The summed E-state index contributed by atoms with van der Waals surface area (Å²) >= 11 is 0. The number of hydrogen-bond donors (Lipinski definition) is 0. The van der Waals surface area contributed by atoms with Gasteiger partial charge in [-0.15, -0.1) is 0 Å². The first kappa shape index (κ1) is 21.2. The van der Waals surface area contributed by atoms with Crippen molar-refractivity contribution in [3.63, 3.8) is 0 Å². The number of rotatable bonds is 7. The number of methoxy groups -OCH3 is 1. The highest BCUT2D eigenvalue weighted by Crippen LogP contribution is 2.20. The molecular weight excluding hydrogens is 284 g/mol.